The zero-order chi connectivity index (χ0) is 13.3. The van der Waals surface area contributed by atoms with Crippen LogP contribution in [0.2, 0.25) is 0 Å². The molecule has 1 aromatic rings. The number of likely N-dealkylation sites (N-methyl/N-ethyl adjacent to an activating group) is 1. The normalized spacial score (nSPS) is 19.2. The summed E-state index contributed by atoms with van der Waals surface area (Å²) in [7, 11) is 1.80. The first-order valence-electron chi connectivity index (χ1n) is 5.92. The van der Waals surface area contributed by atoms with Gasteiger partial charge in [0.05, 0.1) is 6.61 Å². The van der Waals surface area contributed by atoms with Crippen LogP contribution < -0.4 is 4.90 Å². The Hall–Kier alpha value is -1.69. The van der Waals surface area contributed by atoms with Gasteiger partial charge in [0.2, 0.25) is 11.9 Å². The third-order valence-corrected chi connectivity index (χ3v) is 3.32. The van der Waals surface area contributed by atoms with E-state index in [-0.39, 0.29) is 12.5 Å². The second-order valence-electron chi connectivity index (χ2n) is 4.99. The number of carbonyl (C=O) groups excluding carboxylic acids is 1. The number of aliphatic hydroxyl groups is 1. The third-order valence-electron chi connectivity index (χ3n) is 3.32. The molecule has 0 saturated carbocycles. The number of nitrogens with zero attached hydrogens (tertiary/aromatic N) is 4. The molecule has 2 rings (SSSR count). The maximum Gasteiger partial charge on any atom is 0.247 e. The van der Waals surface area contributed by atoms with Gasteiger partial charge < -0.3 is 14.9 Å². The van der Waals surface area contributed by atoms with Crippen LogP contribution in [0.25, 0.3) is 0 Å². The zero-order valence-corrected chi connectivity index (χ0v) is 10.9. The minimum Gasteiger partial charge on any atom is -0.392 e. The van der Waals surface area contributed by atoms with Gasteiger partial charge in [-0.2, -0.15) is 0 Å². The fraction of sp³-hybridized carbons (Fsp3) is 0.583. The van der Waals surface area contributed by atoms with Crippen LogP contribution in [0.5, 0.6) is 0 Å². The molecule has 0 aromatic carbocycles. The van der Waals surface area contributed by atoms with Crippen molar-refractivity contribution in [3.8, 4) is 0 Å². The molecule has 1 fully saturated rings. The van der Waals surface area contributed by atoms with Crippen molar-refractivity contribution in [1.29, 1.82) is 0 Å². The lowest BCUT2D eigenvalue weighted by atomic mass is 9.98. The summed E-state index contributed by atoms with van der Waals surface area (Å²) in [6.45, 7) is 5.02. The standard InChI is InChI=1S/C12H18N4O2/c1-12(2)10(18)15(3)4-5-16(12)11-13-6-9(8-17)7-14-11/h6-7,17H,4-5,8H2,1-3H3. The van der Waals surface area contributed by atoms with E-state index in [0.717, 1.165) is 0 Å². The van der Waals surface area contributed by atoms with E-state index >= 15 is 0 Å². The van der Waals surface area contributed by atoms with E-state index in [1.54, 1.807) is 24.3 Å². The summed E-state index contributed by atoms with van der Waals surface area (Å²) >= 11 is 0. The lowest BCUT2D eigenvalue weighted by Gasteiger charge is -2.44. The van der Waals surface area contributed by atoms with Crippen molar-refractivity contribution in [2.24, 2.45) is 0 Å². The Labute approximate surface area is 106 Å². The van der Waals surface area contributed by atoms with Gasteiger partial charge in [-0.25, -0.2) is 9.97 Å². The molecule has 6 heteroatoms. The van der Waals surface area contributed by atoms with E-state index < -0.39 is 5.54 Å². The summed E-state index contributed by atoms with van der Waals surface area (Å²) in [5, 5.41) is 8.96. The molecule has 0 aliphatic carbocycles. The lowest BCUT2D eigenvalue weighted by molar-refractivity contribution is -0.136. The molecule has 0 bridgehead atoms. The molecule has 6 nitrogen and oxygen atoms in total. The molecule has 18 heavy (non-hydrogen) atoms. The minimum absolute atomic E-state index is 0.0589. The Bertz CT molecular complexity index is 444. The highest BCUT2D eigenvalue weighted by Crippen LogP contribution is 2.25. The number of carbonyl (C=O) groups is 1. The van der Waals surface area contributed by atoms with Crippen molar-refractivity contribution < 1.29 is 9.90 Å². The van der Waals surface area contributed by atoms with Crippen LogP contribution >= 0.6 is 0 Å². The van der Waals surface area contributed by atoms with Crippen LogP contribution in [-0.2, 0) is 11.4 Å². The molecule has 0 radical (unpaired) electrons. The molecule has 0 spiro atoms. The summed E-state index contributed by atoms with van der Waals surface area (Å²) in [5.74, 6) is 0.585. The van der Waals surface area contributed by atoms with Crippen LogP contribution in [0.3, 0.4) is 0 Å². The Morgan fingerprint density at radius 1 is 1.33 bits per heavy atom. The number of rotatable bonds is 2. The average molecular weight is 250 g/mol. The van der Waals surface area contributed by atoms with Crippen LogP contribution in [0, 0.1) is 0 Å². The summed E-state index contributed by atoms with van der Waals surface area (Å²) in [5.41, 5.74) is 0.0188. The van der Waals surface area contributed by atoms with Crippen molar-refractivity contribution in [2.45, 2.75) is 26.0 Å². The number of piperazine rings is 1. The van der Waals surface area contributed by atoms with Crippen molar-refractivity contribution in [2.75, 3.05) is 25.0 Å². The predicted molar refractivity (Wildman–Crippen MR) is 67.0 cm³/mol. The molecule has 98 valence electrons. The molecular formula is C12H18N4O2. The van der Waals surface area contributed by atoms with Crippen molar-refractivity contribution in [1.82, 2.24) is 14.9 Å². The highest BCUT2D eigenvalue weighted by atomic mass is 16.3. The van der Waals surface area contributed by atoms with Gasteiger partial charge in [0.25, 0.3) is 0 Å². The maximum atomic E-state index is 12.1. The Morgan fingerprint density at radius 3 is 2.50 bits per heavy atom. The Kier molecular flexibility index (Phi) is 3.21. The van der Waals surface area contributed by atoms with Gasteiger partial charge in [-0.05, 0) is 13.8 Å². The Morgan fingerprint density at radius 2 is 1.94 bits per heavy atom. The highest BCUT2D eigenvalue weighted by molar-refractivity contribution is 5.89. The zero-order valence-electron chi connectivity index (χ0n) is 10.9. The molecule has 1 aromatic heterocycles. The van der Waals surface area contributed by atoms with Gasteiger partial charge in [-0.15, -0.1) is 0 Å². The van der Waals surface area contributed by atoms with Crippen LogP contribution in [0.1, 0.15) is 19.4 Å². The van der Waals surface area contributed by atoms with Gasteiger partial charge in [0.1, 0.15) is 5.54 Å². The topological polar surface area (TPSA) is 69.6 Å². The lowest BCUT2D eigenvalue weighted by Crippen LogP contribution is -2.62. The predicted octanol–water partition coefficient (Wildman–Crippen LogP) is 0.0259. The number of hydrogen-bond acceptors (Lipinski definition) is 5. The third kappa shape index (κ3) is 2.03. The highest BCUT2D eigenvalue weighted by Gasteiger charge is 2.41. The van der Waals surface area contributed by atoms with Crippen molar-refractivity contribution >= 4 is 11.9 Å². The van der Waals surface area contributed by atoms with E-state index in [9.17, 15) is 4.79 Å². The van der Waals surface area contributed by atoms with E-state index in [4.69, 9.17) is 5.11 Å². The second-order valence-corrected chi connectivity index (χ2v) is 4.99. The van der Waals surface area contributed by atoms with Gasteiger partial charge in [0, 0.05) is 38.1 Å². The first-order chi connectivity index (χ1) is 8.46. The summed E-state index contributed by atoms with van der Waals surface area (Å²) in [6.07, 6.45) is 3.17. The first-order valence-corrected chi connectivity index (χ1v) is 5.92. The summed E-state index contributed by atoms with van der Waals surface area (Å²) < 4.78 is 0. The smallest absolute Gasteiger partial charge is 0.247 e. The molecule has 1 amide bonds. The van der Waals surface area contributed by atoms with E-state index in [1.807, 2.05) is 18.7 Å². The Balaban J connectivity index is 2.29. The average Bonchev–Trinajstić information content (AvgIpc) is 2.36. The maximum absolute atomic E-state index is 12.1. The molecule has 0 atom stereocenters. The number of aliphatic hydroxyl groups excluding tert-OH is 1. The largest absolute Gasteiger partial charge is 0.392 e. The molecule has 1 aliphatic heterocycles. The van der Waals surface area contributed by atoms with E-state index in [0.29, 0.717) is 24.6 Å². The van der Waals surface area contributed by atoms with Gasteiger partial charge in [-0.1, -0.05) is 0 Å². The van der Waals surface area contributed by atoms with Crippen LogP contribution in [0.4, 0.5) is 5.95 Å². The van der Waals surface area contributed by atoms with E-state index in [1.165, 1.54) is 0 Å². The first kappa shape index (κ1) is 12.8. The monoisotopic (exact) mass is 250 g/mol. The number of anilines is 1. The van der Waals surface area contributed by atoms with Gasteiger partial charge in [0.15, 0.2) is 0 Å². The van der Waals surface area contributed by atoms with Gasteiger partial charge in [-0.3, -0.25) is 4.79 Å². The van der Waals surface area contributed by atoms with Crippen LogP contribution in [0.15, 0.2) is 12.4 Å². The fourth-order valence-electron chi connectivity index (χ4n) is 2.13. The molecule has 1 saturated heterocycles. The molecule has 2 heterocycles. The second kappa shape index (κ2) is 4.53. The summed E-state index contributed by atoms with van der Waals surface area (Å²) in [6, 6.07) is 0. The molecule has 0 unspecified atom stereocenters. The SMILES string of the molecule is CN1CCN(c2ncc(CO)cn2)C(C)(C)C1=O. The number of amides is 1. The van der Waals surface area contributed by atoms with Crippen molar-refractivity contribution in [3.05, 3.63) is 18.0 Å². The number of hydrogen-bond donors (Lipinski definition) is 1. The fourth-order valence-corrected chi connectivity index (χ4v) is 2.13. The summed E-state index contributed by atoms with van der Waals surface area (Å²) in [4.78, 5) is 24.2. The van der Waals surface area contributed by atoms with Crippen molar-refractivity contribution in [3.63, 3.8) is 0 Å². The van der Waals surface area contributed by atoms with E-state index in [2.05, 4.69) is 9.97 Å². The molecule has 1 aliphatic rings. The van der Waals surface area contributed by atoms with Gasteiger partial charge >= 0.3 is 0 Å². The number of aromatic nitrogens is 2. The minimum atomic E-state index is -0.645. The molecular weight excluding hydrogens is 232 g/mol. The molecule has 1 N–H and O–H groups in total. The van der Waals surface area contributed by atoms with Crippen LogP contribution in [-0.4, -0.2) is 51.6 Å². The quantitative estimate of drug-likeness (QED) is 0.801.